The Bertz CT molecular complexity index is 337. The average Bonchev–Trinajstić information content (AvgIpc) is 2.19. The van der Waals surface area contributed by atoms with Crippen molar-refractivity contribution < 1.29 is 19.4 Å². The number of ether oxygens (including phenoxy) is 1. The predicted molar refractivity (Wildman–Crippen MR) is 49.3 cm³/mol. The lowest BCUT2D eigenvalue weighted by Crippen LogP contribution is -2.25. The van der Waals surface area contributed by atoms with Crippen LogP contribution in [0, 0.1) is 0 Å². The largest absolute Gasteiger partial charge is 0.483 e. The first-order valence-corrected chi connectivity index (χ1v) is 3.87. The molecule has 0 spiro atoms. The van der Waals surface area contributed by atoms with E-state index in [2.05, 4.69) is 5.32 Å². The fourth-order valence-electron chi connectivity index (χ4n) is 1.03. The van der Waals surface area contributed by atoms with E-state index in [1.165, 1.54) is 0 Å². The normalized spacial score (nSPS) is 12.4. The molecule has 1 aromatic rings. The van der Waals surface area contributed by atoms with Gasteiger partial charge < -0.3 is 15.2 Å². The van der Waals surface area contributed by atoms with Crippen molar-refractivity contribution in [3.63, 3.8) is 0 Å². The Morgan fingerprint density at radius 2 is 2.07 bits per heavy atom. The van der Waals surface area contributed by atoms with Gasteiger partial charge in [-0.05, 0) is 12.1 Å². The third-order valence-corrected chi connectivity index (χ3v) is 1.52. The first-order chi connectivity index (χ1) is 6.77. The van der Waals surface area contributed by atoms with E-state index in [1.54, 1.807) is 0 Å². The first kappa shape index (κ1) is 10.0. The fourth-order valence-corrected chi connectivity index (χ4v) is 1.03. The third kappa shape index (κ3) is 2.48. The van der Waals surface area contributed by atoms with E-state index < -0.39 is 0 Å². The lowest BCUT2D eigenvalue weighted by atomic mass is 10.2. The Balaban J connectivity index is 0.000000293. The molecule has 0 aromatic heterocycles. The molecular weight excluding hydrogens is 186 g/mol. The maximum atomic E-state index is 10.8. The number of fused-ring (bicyclic) bond motifs is 1. The van der Waals surface area contributed by atoms with Crippen LogP contribution in [0.1, 0.15) is 0 Å². The van der Waals surface area contributed by atoms with Crippen molar-refractivity contribution in [2.45, 2.75) is 0 Å². The molecular formula is C9H9NO4. The van der Waals surface area contributed by atoms with Gasteiger partial charge in [0.1, 0.15) is 5.75 Å². The number of hydrogen-bond donors (Lipinski definition) is 2. The van der Waals surface area contributed by atoms with Crippen molar-refractivity contribution in [1.82, 2.24) is 0 Å². The van der Waals surface area contributed by atoms with E-state index in [4.69, 9.17) is 14.6 Å². The second-order valence-electron chi connectivity index (χ2n) is 2.44. The number of carbonyl (C=O) groups excluding carboxylic acids is 1. The maximum Gasteiger partial charge on any atom is 0.290 e. The van der Waals surface area contributed by atoms with Crippen molar-refractivity contribution in [3.05, 3.63) is 24.3 Å². The summed E-state index contributed by atoms with van der Waals surface area (Å²) in [6.45, 7) is -0.128. The first-order valence-electron chi connectivity index (χ1n) is 3.87. The predicted octanol–water partition coefficient (Wildman–Crippen LogP) is 0.718. The fraction of sp³-hybridized carbons (Fsp3) is 0.111. The highest BCUT2D eigenvalue weighted by atomic mass is 16.5. The molecule has 0 atom stereocenters. The van der Waals surface area contributed by atoms with E-state index in [0.717, 1.165) is 11.4 Å². The van der Waals surface area contributed by atoms with E-state index in [9.17, 15) is 4.79 Å². The molecule has 1 aromatic carbocycles. The van der Waals surface area contributed by atoms with Crippen molar-refractivity contribution >= 4 is 18.1 Å². The van der Waals surface area contributed by atoms with E-state index in [-0.39, 0.29) is 19.0 Å². The zero-order valence-corrected chi connectivity index (χ0v) is 7.27. The number of anilines is 1. The summed E-state index contributed by atoms with van der Waals surface area (Å²) in [5.41, 5.74) is 0.753. The number of benzene rings is 1. The van der Waals surface area contributed by atoms with Crippen LogP contribution in [-0.4, -0.2) is 24.1 Å². The van der Waals surface area contributed by atoms with Gasteiger partial charge in [-0.1, -0.05) is 12.1 Å². The summed E-state index contributed by atoms with van der Waals surface area (Å²) in [6, 6.07) is 7.37. The van der Waals surface area contributed by atoms with Crippen LogP contribution in [-0.2, 0) is 9.59 Å². The van der Waals surface area contributed by atoms with Gasteiger partial charge in [-0.15, -0.1) is 0 Å². The average molecular weight is 195 g/mol. The molecule has 1 amide bonds. The molecule has 14 heavy (non-hydrogen) atoms. The molecule has 0 unspecified atom stereocenters. The zero-order valence-electron chi connectivity index (χ0n) is 7.27. The van der Waals surface area contributed by atoms with Crippen LogP contribution in [0.15, 0.2) is 24.3 Å². The van der Waals surface area contributed by atoms with Crippen LogP contribution in [0.25, 0.3) is 0 Å². The Hall–Kier alpha value is -2.04. The number of para-hydroxylation sites is 2. The molecule has 0 aliphatic carbocycles. The minimum Gasteiger partial charge on any atom is -0.483 e. The molecule has 74 valence electrons. The lowest BCUT2D eigenvalue weighted by molar-refractivity contribution is -0.123. The summed E-state index contributed by atoms with van der Waals surface area (Å²) >= 11 is 0. The highest BCUT2D eigenvalue weighted by molar-refractivity contribution is 5.95. The topological polar surface area (TPSA) is 75.6 Å². The maximum absolute atomic E-state index is 10.8. The number of carbonyl (C=O) groups is 2. The van der Waals surface area contributed by atoms with E-state index in [1.807, 2.05) is 24.3 Å². The molecule has 0 saturated carbocycles. The van der Waals surface area contributed by atoms with Crippen LogP contribution in [0.2, 0.25) is 0 Å². The smallest absolute Gasteiger partial charge is 0.290 e. The third-order valence-electron chi connectivity index (χ3n) is 1.52. The number of nitrogens with one attached hydrogen (secondary N) is 1. The van der Waals surface area contributed by atoms with Crippen molar-refractivity contribution in [3.8, 4) is 5.75 Å². The summed E-state index contributed by atoms with van der Waals surface area (Å²) in [4.78, 5) is 19.2. The highest BCUT2D eigenvalue weighted by Gasteiger charge is 2.13. The molecule has 0 radical (unpaired) electrons. The molecule has 2 N–H and O–H groups in total. The zero-order chi connectivity index (χ0) is 10.4. The molecule has 5 heteroatoms. The Kier molecular flexibility index (Phi) is 3.49. The van der Waals surface area contributed by atoms with Crippen LogP contribution < -0.4 is 10.1 Å². The van der Waals surface area contributed by atoms with E-state index >= 15 is 0 Å². The summed E-state index contributed by atoms with van der Waals surface area (Å²) in [5, 5.41) is 9.58. The minimum absolute atomic E-state index is 0.0938. The van der Waals surface area contributed by atoms with Crippen LogP contribution in [0.3, 0.4) is 0 Å². The molecule has 0 fully saturated rings. The minimum atomic E-state index is -0.250. The van der Waals surface area contributed by atoms with Gasteiger partial charge in [0.15, 0.2) is 6.61 Å². The van der Waals surface area contributed by atoms with Crippen LogP contribution >= 0.6 is 0 Å². The summed E-state index contributed by atoms with van der Waals surface area (Å²) in [5.74, 6) is 0.649. The van der Waals surface area contributed by atoms with Gasteiger partial charge in [0.05, 0.1) is 5.69 Å². The molecule has 1 aliphatic heterocycles. The summed E-state index contributed by atoms with van der Waals surface area (Å²) in [6.07, 6.45) is 0. The lowest BCUT2D eigenvalue weighted by Gasteiger charge is -2.16. The molecule has 0 bridgehead atoms. The number of hydrogen-bond acceptors (Lipinski definition) is 3. The second kappa shape index (κ2) is 4.86. The van der Waals surface area contributed by atoms with Gasteiger partial charge in [0.25, 0.3) is 12.4 Å². The summed E-state index contributed by atoms with van der Waals surface area (Å²) < 4.78 is 5.12. The van der Waals surface area contributed by atoms with Gasteiger partial charge >= 0.3 is 0 Å². The Morgan fingerprint density at radius 1 is 1.43 bits per heavy atom. The molecule has 1 heterocycles. The van der Waals surface area contributed by atoms with Gasteiger partial charge in [-0.25, -0.2) is 0 Å². The van der Waals surface area contributed by atoms with Crippen molar-refractivity contribution in [2.75, 3.05) is 11.9 Å². The van der Waals surface area contributed by atoms with Gasteiger partial charge in [0.2, 0.25) is 0 Å². The van der Waals surface area contributed by atoms with Gasteiger partial charge in [0, 0.05) is 0 Å². The van der Waals surface area contributed by atoms with Crippen molar-refractivity contribution in [1.29, 1.82) is 0 Å². The SMILES string of the molecule is O=C1COc2ccccc2N1.O=CO. The van der Waals surface area contributed by atoms with Gasteiger partial charge in [-0.3, -0.25) is 9.59 Å². The second-order valence-corrected chi connectivity index (χ2v) is 2.44. The Labute approximate surface area is 80.3 Å². The monoisotopic (exact) mass is 195 g/mol. The molecule has 0 saturated heterocycles. The van der Waals surface area contributed by atoms with Gasteiger partial charge in [-0.2, -0.15) is 0 Å². The number of carboxylic acid groups (broad SMARTS) is 1. The van der Waals surface area contributed by atoms with Crippen LogP contribution in [0.5, 0.6) is 5.75 Å². The highest BCUT2D eigenvalue weighted by Crippen LogP contribution is 2.25. The van der Waals surface area contributed by atoms with E-state index in [0.29, 0.717) is 0 Å². The Morgan fingerprint density at radius 3 is 2.79 bits per heavy atom. The van der Waals surface area contributed by atoms with Crippen molar-refractivity contribution in [2.24, 2.45) is 0 Å². The molecule has 1 aliphatic rings. The molecule has 5 nitrogen and oxygen atoms in total. The standard InChI is InChI=1S/C8H7NO2.CH2O2/c10-8-5-11-7-4-2-1-3-6(7)9-8;2-1-3/h1-4H,5H2,(H,9,10);1H,(H,2,3). The number of amides is 1. The number of rotatable bonds is 0. The molecule has 2 rings (SSSR count). The summed E-state index contributed by atoms with van der Waals surface area (Å²) in [7, 11) is 0. The van der Waals surface area contributed by atoms with Crippen LogP contribution in [0.4, 0.5) is 5.69 Å². The quantitative estimate of drug-likeness (QED) is 0.598.